The summed E-state index contributed by atoms with van der Waals surface area (Å²) in [6, 6.07) is 26.1. The molecule has 4 nitrogen and oxygen atoms in total. The second kappa shape index (κ2) is 10.0. The maximum absolute atomic E-state index is 13.6. The molecule has 3 aromatic rings. The van der Waals surface area contributed by atoms with Gasteiger partial charge in [0.1, 0.15) is 0 Å². The van der Waals surface area contributed by atoms with Crippen LogP contribution in [0.2, 0.25) is 0 Å². The summed E-state index contributed by atoms with van der Waals surface area (Å²) in [4.78, 5) is 0.266. The van der Waals surface area contributed by atoms with E-state index in [1.807, 2.05) is 86.6 Å². The normalized spacial score (nSPS) is 13.9. The lowest BCUT2D eigenvalue weighted by molar-refractivity contribution is 0.127. The summed E-state index contributed by atoms with van der Waals surface area (Å²) in [5.41, 5.74) is 2.85. The molecule has 3 aromatic carbocycles. The number of aryl methyl sites for hydroxylation is 1. The van der Waals surface area contributed by atoms with Crippen molar-refractivity contribution in [2.24, 2.45) is 0 Å². The van der Waals surface area contributed by atoms with E-state index in [0.717, 1.165) is 16.7 Å². The van der Waals surface area contributed by atoms with Crippen LogP contribution in [0.4, 0.5) is 0 Å². The first-order chi connectivity index (χ1) is 14.4. The average molecular weight is 424 g/mol. The molecule has 0 aromatic heterocycles. The van der Waals surface area contributed by atoms with Gasteiger partial charge in [-0.1, -0.05) is 85.3 Å². The van der Waals surface area contributed by atoms with Gasteiger partial charge in [-0.2, -0.15) is 4.31 Å². The number of hydrogen-bond acceptors (Lipinski definition) is 3. The average Bonchev–Trinajstić information content (AvgIpc) is 2.77. The van der Waals surface area contributed by atoms with Crippen LogP contribution in [0.1, 0.15) is 36.0 Å². The third-order valence-electron chi connectivity index (χ3n) is 5.37. The SMILES string of the molecule is CC[C@@H](O)[C@@H](CN(Cc1ccccc1)S(=O)(=O)c1ccc(C)cc1)c1ccccc1. The minimum absolute atomic E-state index is 0.199. The quantitative estimate of drug-likeness (QED) is 0.541. The monoisotopic (exact) mass is 423 g/mol. The molecule has 0 radical (unpaired) electrons. The zero-order valence-corrected chi connectivity index (χ0v) is 18.3. The Hall–Kier alpha value is -2.47. The van der Waals surface area contributed by atoms with Gasteiger partial charge < -0.3 is 5.11 Å². The van der Waals surface area contributed by atoms with E-state index in [4.69, 9.17) is 0 Å². The first kappa shape index (κ1) is 22.2. The summed E-state index contributed by atoms with van der Waals surface area (Å²) in [5.74, 6) is -0.319. The number of benzene rings is 3. The lowest BCUT2D eigenvalue weighted by Crippen LogP contribution is -2.37. The number of hydrogen-bond donors (Lipinski definition) is 1. The molecular formula is C25H29NO3S. The minimum atomic E-state index is -3.74. The molecule has 0 aliphatic carbocycles. The Morgan fingerprint density at radius 2 is 1.43 bits per heavy atom. The summed E-state index contributed by atoms with van der Waals surface area (Å²) in [6.45, 7) is 4.29. The molecular weight excluding hydrogens is 394 g/mol. The van der Waals surface area contributed by atoms with Gasteiger partial charge in [-0.05, 0) is 36.6 Å². The maximum Gasteiger partial charge on any atom is 0.243 e. The Labute approximate surface area is 179 Å². The zero-order valence-electron chi connectivity index (χ0n) is 17.5. The Kier molecular flexibility index (Phi) is 7.43. The van der Waals surface area contributed by atoms with E-state index in [1.54, 1.807) is 12.1 Å². The molecule has 2 atom stereocenters. The molecule has 0 aliphatic rings. The first-order valence-electron chi connectivity index (χ1n) is 10.3. The van der Waals surface area contributed by atoms with E-state index in [0.29, 0.717) is 6.42 Å². The fourth-order valence-electron chi connectivity index (χ4n) is 3.55. The van der Waals surface area contributed by atoms with E-state index in [2.05, 4.69) is 0 Å². The summed E-state index contributed by atoms with van der Waals surface area (Å²) in [7, 11) is -3.74. The molecule has 0 heterocycles. The molecule has 0 bridgehead atoms. The Morgan fingerprint density at radius 1 is 0.867 bits per heavy atom. The molecule has 0 unspecified atom stereocenters. The van der Waals surface area contributed by atoms with Crippen LogP contribution < -0.4 is 0 Å². The van der Waals surface area contributed by atoms with Crippen molar-refractivity contribution in [3.05, 3.63) is 102 Å². The van der Waals surface area contributed by atoms with Gasteiger partial charge in [0.05, 0.1) is 11.0 Å². The summed E-state index contributed by atoms with van der Waals surface area (Å²) < 4.78 is 28.6. The highest BCUT2D eigenvalue weighted by atomic mass is 32.2. The van der Waals surface area contributed by atoms with Gasteiger partial charge in [-0.15, -0.1) is 0 Å². The van der Waals surface area contributed by atoms with E-state index >= 15 is 0 Å². The molecule has 1 N–H and O–H groups in total. The molecule has 0 amide bonds. The largest absolute Gasteiger partial charge is 0.392 e. The van der Waals surface area contributed by atoms with Gasteiger partial charge in [-0.25, -0.2) is 8.42 Å². The van der Waals surface area contributed by atoms with Gasteiger partial charge in [0, 0.05) is 19.0 Å². The third-order valence-corrected chi connectivity index (χ3v) is 7.20. The van der Waals surface area contributed by atoms with Crippen molar-refractivity contribution in [3.63, 3.8) is 0 Å². The Morgan fingerprint density at radius 3 is 2.00 bits per heavy atom. The first-order valence-corrected chi connectivity index (χ1v) is 11.7. The lowest BCUT2D eigenvalue weighted by Gasteiger charge is -2.30. The van der Waals surface area contributed by atoms with Crippen LogP contribution in [0.5, 0.6) is 0 Å². The van der Waals surface area contributed by atoms with Crippen LogP contribution in [-0.2, 0) is 16.6 Å². The molecule has 0 aliphatic heterocycles. The third kappa shape index (κ3) is 5.36. The highest BCUT2D eigenvalue weighted by molar-refractivity contribution is 7.89. The van der Waals surface area contributed by atoms with Gasteiger partial charge in [0.2, 0.25) is 10.0 Å². The molecule has 0 fully saturated rings. The van der Waals surface area contributed by atoms with Crippen LogP contribution in [0.3, 0.4) is 0 Å². The van der Waals surface area contributed by atoms with Crippen LogP contribution in [-0.4, -0.2) is 30.5 Å². The molecule has 158 valence electrons. The van der Waals surface area contributed by atoms with E-state index < -0.39 is 16.1 Å². The number of aliphatic hydroxyl groups excluding tert-OH is 1. The van der Waals surface area contributed by atoms with Crippen LogP contribution in [0, 0.1) is 6.92 Å². The predicted molar refractivity (Wildman–Crippen MR) is 121 cm³/mol. The molecule has 30 heavy (non-hydrogen) atoms. The molecule has 3 rings (SSSR count). The number of sulfonamides is 1. The zero-order chi connectivity index (χ0) is 21.6. The number of aliphatic hydroxyl groups is 1. The van der Waals surface area contributed by atoms with E-state index in [-0.39, 0.29) is 23.9 Å². The second-order valence-electron chi connectivity index (χ2n) is 7.59. The molecule has 0 saturated carbocycles. The predicted octanol–water partition coefficient (Wildman–Crippen LogP) is 4.74. The van der Waals surface area contributed by atoms with Crippen molar-refractivity contribution < 1.29 is 13.5 Å². The van der Waals surface area contributed by atoms with Crippen LogP contribution in [0.15, 0.2) is 89.8 Å². The summed E-state index contributed by atoms with van der Waals surface area (Å²) in [5, 5.41) is 10.7. The highest BCUT2D eigenvalue weighted by Crippen LogP contribution is 2.27. The number of rotatable bonds is 9. The van der Waals surface area contributed by atoms with Crippen molar-refractivity contribution in [3.8, 4) is 0 Å². The van der Waals surface area contributed by atoms with Crippen molar-refractivity contribution >= 4 is 10.0 Å². The van der Waals surface area contributed by atoms with Crippen LogP contribution in [0.25, 0.3) is 0 Å². The van der Waals surface area contributed by atoms with Gasteiger partial charge in [-0.3, -0.25) is 0 Å². The van der Waals surface area contributed by atoms with Crippen molar-refractivity contribution in [1.82, 2.24) is 4.31 Å². The summed E-state index contributed by atoms with van der Waals surface area (Å²) in [6.07, 6.45) is -0.0950. The van der Waals surface area contributed by atoms with E-state index in [1.165, 1.54) is 4.31 Å². The standard InChI is InChI=1S/C25H29NO3S/c1-3-25(27)24(22-12-8-5-9-13-22)19-26(18-21-10-6-4-7-11-21)30(28,29)23-16-14-20(2)15-17-23/h4-17,24-25,27H,3,18-19H2,1-2H3/t24-,25+/m0/s1. The van der Waals surface area contributed by atoms with Crippen molar-refractivity contribution in [2.75, 3.05) is 6.54 Å². The molecule has 0 spiro atoms. The van der Waals surface area contributed by atoms with Crippen molar-refractivity contribution in [1.29, 1.82) is 0 Å². The Balaban J connectivity index is 2.00. The second-order valence-corrected chi connectivity index (χ2v) is 9.53. The topological polar surface area (TPSA) is 57.6 Å². The highest BCUT2D eigenvalue weighted by Gasteiger charge is 2.30. The smallest absolute Gasteiger partial charge is 0.243 e. The van der Waals surface area contributed by atoms with E-state index in [9.17, 15) is 13.5 Å². The van der Waals surface area contributed by atoms with Gasteiger partial charge in [0.15, 0.2) is 0 Å². The fourth-order valence-corrected chi connectivity index (χ4v) is 5.00. The van der Waals surface area contributed by atoms with Crippen molar-refractivity contribution in [2.45, 2.75) is 43.7 Å². The van der Waals surface area contributed by atoms with Gasteiger partial charge in [0.25, 0.3) is 0 Å². The fraction of sp³-hybridized carbons (Fsp3) is 0.280. The molecule has 5 heteroatoms. The lowest BCUT2D eigenvalue weighted by atomic mass is 9.92. The van der Waals surface area contributed by atoms with Gasteiger partial charge >= 0.3 is 0 Å². The molecule has 0 saturated heterocycles. The summed E-state index contributed by atoms with van der Waals surface area (Å²) >= 11 is 0. The maximum atomic E-state index is 13.6. The number of nitrogens with zero attached hydrogens (tertiary/aromatic N) is 1. The van der Waals surface area contributed by atoms with Crippen LogP contribution >= 0.6 is 0 Å². The minimum Gasteiger partial charge on any atom is -0.392 e. The Bertz CT molecular complexity index is 1020.